The Morgan fingerprint density at radius 2 is 2.13 bits per heavy atom. The molecule has 0 fully saturated rings. The number of aryl methyl sites for hydroxylation is 1. The normalized spacial score (nSPS) is 10.7. The van der Waals surface area contributed by atoms with Crippen LogP contribution in [0.4, 0.5) is 0 Å². The van der Waals surface area contributed by atoms with Gasteiger partial charge in [0.25, 0.3) is 0 Å². The number of benzene rings is 1. The lowest BCUT2D eigenvalue weighted by molar-refractivity contribution is 0.307. The predicted octanol–water partition coefficient (Wildman–Crippen LogP) is 3.13. The Morgan fingerprint density at radius 3 is 2.80 bits per heavy atom. The summed E-state index contributed by atoms with van der Waals surface area (Å²) in [7, 11) is 0. The Labute approximate surface area is 100 Å². The fourth-order valence-electron chi connectivity index (χ4n) is 1.24. The molecular formula is C12H18BrNO. The minimum Gasteiger partial charge on any atom is -0.492 e. The highest BCUT2D eigenvalue weighted by Crippen LogP contribution is 2.22. The van der Waals surface area contributed by atoms with Gasteiger partial charge in [-0.25, -0.2) is 0 Å². The number of hydrogen-bond acceptors (Lipinski definition) is 2. The zero-order chi connectivity index (χ0) is 11.3. The Bertz CT molecular complexity index is 312. The molecule has 0 heterocycles. The van der Waals surface area contributed by atoms with Gasteiger partial charge in [0.1, 0.15) is 12.4 Å². The van der Waals surface area contributed by atoms with Crippen molar-refractivity contribution in [1.82, 2.24) is 5.32 Å². The van der Waals surface area contributed by atoms with E-state index >= 15 is 0 Å². The Kier molecular flexibility index (Phi) is 5.12. The summed E-state index contributed by atoms with van der Waals surface area (Å²) in [4.78, 5) is 0. The lowest BCUT2D eigenvalue weighted by Gasteiger charge is -2.11. The van der Waals surface area contributed by atoms with Crippen molar-refractivity contribution < 1.29 is 4.74 Å². The molecule has 0 aliphatic heterocycles. The molecule has 2 nitrogen and oxygen atoms in total. The van der Waals surface area contributed by atoms with E-state index in [4.69, 9.17) is 4.74 Å². The van der Waals surface area contributed by atoms with Crippen LogP contribution < -0.4 is 10.1 Å². The van der Waals surface area contributed by atoms with Crippen LogP contribution in [0.15, 0.2) is 22.7 Å². The molecule has 0 aliphatic rings. The van der Waals surface area contributed by atoms with Gasteiger partial charge >= 0.3 is 0 Å². The summed E-state index contributed by atoms with van der Waals surface area (Å²) in [5, 5.41) is 3.31. The van der Waals surface area contributed by atoms with Gasteiger partial charge in [0.2, 0.25) is 0 Å². The summed E-state index contributed by atoms with van der Waals surface area (Å²) < 4.78 is 6.73. The molecule has 0 amide bonds. The fourth-order valence-corrected chi connectivity index (χ4v) is 1.58. The van der Waals surface area contributed by atoms with Crippen molar-refractivity contribution in [2.45, 2.75) is 26.8 Å². The van der Waals surface area contributed by atoms with Gasteiger partial charge in [-0.3, -0.25) is 0 Å². The van der Waals surface area contributed by atoms with Crippen LogP contribution in [0, 0.1) is 6.92 Å². The highest BCUT2D eigenvalue weighted by Gasteiger charge is 2.00. The zero-order valence-corrected chi connectivity index (χ0v) is 11.1. The minimum absolute atomic E-state index is 0.511. The standard InChI is InChI=1S/C12H18BrNO/c1-9(2)14-6-7-15-12-8-11(13)5-4-10(12)3/h4-5,8-9,14H,6-7H2,1-3H3. The van der Waals surface area contributed by atoms with Gasteiger partial charge in [0.05, 0.1) is 0 Å². The molecule has 0 bridgehead atoms. The maximum absolute atomic E-state index is 5.68. The molecule has 0 saturated carbocycles. The molecule has 15 heavy (non-hydrogen) atoms. The average molecular weight is 272 g/mol. The molecule has 0 atom stereocenters. The second-order valence-corrected chi connectivity index (χ2v) is 4.78. The van der Waals surface area contributed by atoms with Crippen LogP contribution in [0.1, 0.15) is 19.4 Å². The largest absolute Gasteiger partial charge is 0.492 e. The summed E-state index contributed by atoms with van der Waals surface area (Å²) in [6.45, 7) is 7.89. The summed E-state index contributed by atoms with van der Waals surface area (Å²) >= 11 is 3.43. The first-order valence-electron chi connectivity index (χ1n) is 5.22. The van der Waals surface area contributed by atoms with Crippen LogP contribution in [0.2, 0.25) is 0 Å². The van der Waals surface area contributed by atoms with Gasteiger partial charge in [-0.05, 0) is 24.6 Å². The van der Waals surface area contributed by atoms with E-state index in [-0.39, 0.29) is 0 Å². The van der Waals surface area contributed by atoms with E-state index in [0.29, 0.717) is 12.6 Å². The molecule has 1 aromatic rings. The van der Waals surface area contributed by atoms with Crippen LogP contribution >= 0.6 is 15.9 Å². The van der Waals surface area contributed by atoms with Crippen molar-refractivity contribution in [1.29, 1.82) is 0 Å². The third-order valence-corrected chi connectivity index (χ3v) is 2.56. The third kappa shape index (κ3) is 4.67. The smallest absolute Gasteiger partial charge is 0.123 e. The molecule has 0 radical (unpaired) electrons. The zero-order valence-electron chi connectivity index (χ0n) is 9.51. The van der Waals surface area contributed by atoms with Gasteiger partial charge in [0, 0.05) is 17.1 Å². The van der Waals surface area contributed by atoms with Crippen LogP contribution in [-0.2, 0) is 0 Å². The van der Waals surface area contributed by atoms with Gasteiger partial charge in [-0.15, -0.1) is 0 Å². The van der Waals surface area contributed by atoms with Crippen molar-refractivity contribution in [3.8, 4) is 5.75 Å². The van der Waals surface area contributed by atoms with E-state index in [9.17, 15) is 0 Å². The molecule has 0 saturated heterocycles. The quantitative estimate of drug-likeness (QED) is 0.831. The van der Waals surface area contributed by atoms with Crippen LogP contribution in [0.25, 0.3) is 0 Å². The highest BCUT2D eigenvalue weighted by atomic mass is 79.9. The van der Waals surface area contributed by atoms with E-state index in [2.05, 4.69) is 48.1 Å². The molecule has 0 aliphatic carbocycles. The Hall–Kier alpha value is -0.540. The summed E-state index contributed by atoms with van der Waals surface area (Å²) in [5.41, 5.74) is 1.17. The Balaban J connectivity index is 2.40. The molecule has 3 heteroatoms. The van der Waals surface area contributed by atoms with E-state index in [1.807, 2.05) is 12.1 Å². The summed E-state index contributed by atoms with van der Waals surface area (Å²) in [5.74, 6) is 0.954. The summed E-state index contributed by atoms with van der Waals surface area (Å²) in [6, 6.07) is 6.59. The van der Waals surface area contributed by atoms with Crippen LogP contribution in [-0.4, -0.2) is 19.2 Å². The molecule has 0 spiro atoms. The van der Waals surface area contributed by atoms with Crippen molar-refractivity contribution in [3.63, 3.8) is 0 Å². The van der Waals surface area contributed by atoms with E-state index < -0.39 is 0 Å². The number of halogens is 1. The third-order valence-electron chi connectivity index (χ3n) is 2.06. The van der Waals surface area contributed by atoms with Crippen molar-refractivity contribution in [3.05, 3.63) is 28.2 Å². The maximum atomic E-state index is 5.68. The van der Waals surface area contributed by atoms with Crippen molar-refractivity contribution in [2.24, 2.45) is 0 Å². The van der Waals surface area contributed by atoms with E-state index in [1.165, 1.54) is 5.56 Å². The molecule has 1 rings (SSSR count). The molecule has 0 unspecified atom stereocenters. The molecular weight excluding hydrogens is 254 g/mol. The topological polar surface area (TPSA) is 21.3 Å². The second kappa shape index (κ2) is 6.13. The van der Waals surface area contributed by atoms with E-state index in [1.54, 1.807) is 0 Å². The van der Waals surface area contributed by atoms with Crippen LogP contribution in [0.3, 0.4) is 0 Å². The highest BCUT2D eigenvalue weighted by molar-refractivity contribution is 9.10. The lowest BCUT2D eigenvalue weighted by atomic mass is 10.2. The minimum atomic E-state index is 0.511. The first-order valence-corrected chi connectivity index (χ1v) is 6.01. The SMILES string of the molecule is Cc1ccc(Br)cc1OCCNC(C)C. The monoisotopic (exact) mass is 271 g/mol. The second-order valence-electron chi connectivity index (χ2n) is 3.87. The molecule has 1 aromatic carbocycles. The van der Waals surface area contributed by atoms with Crippen LogP contribution in [0.5, 0.6) is 5.75 Å². The van der Waals surface area contributed by atoms with Gasteiger partial charge in [-0.1, -0.05) is 35.8 Å². The number of nitrogens with one attached hydrogen (secondary N) is 1. The molecule has 84 valence electrons. The lowest BCUT2D eigenvalue weighted by Crippen LogP contribution is -2.27. The van der Waals surface area contributed by atoms with Gasteiger partial charge in [-0.2, -0.15) is 0 Å². The Morgan fingerprint density at radius 1 is 1.40 bits per heavy atom. The van der Waals surface area contributed by atoms with Gasteiger partial charge in [0.15, 0.2) is 0 Å². The first-order chi connectivity index (χ1) is 7.09. The average Bonchev–Trinajstić information content (AvgIpc) is 2.17. The number of hydrogen-bond donors (Lipinski definition) is 1. The molecule has 1 N–H and O–H groups in total. The first kappa shape index (κ1) is 12.5. The molecule has 0 aromatic heterocycles. The van der Waals surface area contributed by atoms with Gasteiger partial charge < -0.3 is 10.1 Å². The van der Waals surface area contributed by atoms with Crippen molar-refractivity contribution in [2.75, 3.05) is 13.2 Å². The maximum Gasteiger partial charge on any atom is 0.123 e. The van der Waals surface area contributed by atoms with Crippen molar-refractivity contribution >= 4 is 15.9 Å². The number of rotatable bonds is 5. The summed E-state index contributed by atoms with van der Waals surface area (Å²) in [6.07, 6.45) is 0. The predicted molar refractivity (Wildman–Crippen MR) is 67.5 cm³/mol. The number of ether oxygens (including phenoxy) is 1. The fraction of sp³-hybridized carbons (Fsp3) is 0.500. The van der Waals surface area contributed by atoms with E-state index in [0.717, 1.165) is 16.8 Å².